The van der Waals surface area contributed by atoms with E-state index in [1.807, 2.05) is 12.1 Å². The third-order valence-corrected chi connectivity index (χ3v) is 6.68. The van der Waals surface area contributed by atoms with Gasteiger partial charge in [-0.1, -0.05) is 80.4 Å². The standard InChI is InChI=1S/C25H32Cl2N2/c1-5-15-29(17-21-9-7-6-8-10-21)20(4)13-14-25(18-28,19(2)3)22-11-12-23(26)24(27)16-22/h6-12,16,19-20H,5,13-15,17H2,1-4H3. The van der Waals surface area contributed by atoms with E-state index >= 15 is 0 Å². The molecule has 0 amide bonds. The van der Waals surface area contributed by atoms with Crippen LogP contribution in [-0.2, 0) is 12.0 Å². The minimum atomic E-state index is -0.576. The molecule has 0 saturated heterocycles. The highest BCUT2D eigenvalue weighted by atomic mass is 35.5. The maximum absolute atomic E-state index is 10.2. The van der Waals surface area contributed by atoms with Gasteiger partial charge in [0.2, 0.25) is 0 Å². The summed E-state index contributed by atoms with van der Waals surface area (Å²) in [5.41, 5.74) is 1.71. The molecule has 0 bridgehead atoms. The normalized spacial score (nSPS) is 14.6. The van der Waals surface area contributed by atoms with Crippen molar-refractivity contribution < 1.29 is 0 Å². The zero-order valence-corrected chi connectivity index (χ0v) is 19.5. The van der Waals surface area contributed by atoms with Gasteiger partial charge in [0.25, 0.3) is 0 Å². The molecule has 0 aliphatic rings. The lowest BCUT2D eigenvalue weighted by Gasteiger charge is -2.35. The Hall–Kier alpha value is -1.53. The largest absolute Gasteiger partial charge is 0.296 e. The maximum Gasteiger partial charge on any atom is 0.0846 e. The summed E-state index contributed by atoms with van der Waals surface area (Å²) in [6, 6.07) is 19.2. The summed E-state index contributed by atoms with van der Waals surface area (Å²) in [6.07, 6.45) is 2.84. The number of hydrogen-bond donors (Lipinski definition) is 0. The van der Waals surface area contributed by atoms with Gasteiger partial charge in [-0.15, -0.1) is 0 Å². The van der Waals surface area contributed by atoms with Gasteiger partial charge in [-0.2, -0.15) is 5.26 Å². The smallest absolute Gasteiger partial charge is 0.0846 e. The summed E-state index contributed by atoms with van der Waals surface area (Å²) in [5, 5.41) is 11.2. The SMILES string of the molecule is CCCN(Cc1ccccc1)C(C)CCC(C#N)(c1ccc(Cl)c(Cl)c1)C(C)C. The number of benzene rings is 2. The topological polar surface area (TPSA) is 27.0 Å². The summed E-state index contributed by atoms with van der Waals surface area (Å²) in [7, 11) is 0. The van der Waals surface area contributed by atoms with Gasteiger partial charge in [0, 0.05) is 12.6 Å². The van der Waals surface area contributed by atoms with Crippen molar-refractivity contribution in [3.63, 3.8) is 0 Å². The highest BCUT2D eigenvalue weighted by molar-refractivity contribution is 6.42. The first-order valence-electron chi connectivity index (χ1n) is 10.5. The lowest BCUT2D eigenvalue weighted by Crippen LogP contribution is -2.37. The van der Waals surface area contributed by atoms with E-state index in [9.17, 15) is 5.26 Å². The van der Waals surface area contributed by atoms with Crippen molar-refractivity contribution in [2.75, 3.05) is 6.54 Å². The minimum absolute atomic E-state index is 0.172. The second-order valence-electron chi connectivity index (χ2n) is 8.21. The third kappa shape index (κ3) is 5.98. The molecule has 4 heteroatoms. The molecule has 156 valence electrons. The first kappa shape index (κ1) is 23.7. The van der Waals surface area contributed by atoms with Gasteiger partial charge in [0.1, 0.15) is 0 Å². The molecule has 0 radical (unpaired) electrons. The lowest BCUT2D eigenvalue weighted by molar-refractivity contribution is 0.177. The van der Waals surface area contributed by atoms with Gasteiger partial charge < -0.3 is 0 Å². The van der Waals surface area contributed by atoms with Crippen LogP contribution in [0.1, 0.15) is 58.1 Å². The highest BCUT2D eigenvalue weighted by Gasteiger charge is 2.37. The second-order valence-corrected chi connectivity index (χ2v) is 9.02. The fourth-order valence-corrected chi connectivity index (χ4v) is 4.27. The fourth-order valence-electron chi connectivity index (χ4n) is 3.97. The molecule has 0 aliphatic heterocycles. The van der Waals surface area contributed by atoms with Crippen LogP contribution in [0.3, 0.4) is 0 Å². The van der Waals surface area contributed by atoms with Gasteiger partial charge in [-0.05, 0) is 61.9 Å². The molecule has 0 aromatic heterocycles. The molecule has 2 atom stereocenters. The van der Waals surface area contributed by atoms with Crippen molar-refractivity contribution in [3.05, 3.63) is 69.7 Å². The lowest BCUT2D eigenvalue weighted by atomic mass is 9.69. The van der Waals surface area contributed by atoms with Gasteiger partial charge >= 0.3 is 0 Å². The van der Waals surface area contributed by atoms with Crippen molar-refractivity contribution in [1.82, 2.24) is 4.90 Å². The van der Waals surface area contributed by atoms with Gasteiger partial charge in [-0.3, -0.25) is 4.90 Å². The molecule has 2 rings (SSSR count). The van der Waals surface area contributed by atoms with Crippen LogP contribution < -0.4 is 0 Å². The van der Waals surface area contributed by atoms with Gasteiger partial charge in [-0.25, -0.2) is 0 Å². The molecule has 2 aromatic carbocycles. The summed E-state index contributed by atoms with van der Waals surface area (Å²) in [6.45, 7) is 10.7. The number of hydrogen-bond acceptors (Lipinski definition) is 2. The van der Waals surface area contributed by atoms with E-state index in [-0.39, 0.29) is 5.92 Å². The molecule has 0 fully saturated rings. The second kappa shape index (κ2) is 11.0. The molecule has 0 heterocycles. The Bertz CT molecular complexity index is 813. The quantitative estimate of drug-likeness (QED) is 0.390. The van der Waals surface area contributed by atoms with E-state index < -0.39 is 5.41 Å². The molecular formula is C25H32Cl2N2. The van der Waals surface area contributed by atoms with Crippen molar-refractivity contribution in [3.8, 4) is 6.07 Å². The number of halogens is 2. The first-order chi connectivity index (χ1) is 13.8. The molecular weight excluding hydrogens is 399 g/mol. The van der Waals surface area contributed by atoms with Crippen molar-refractivity contribution in [1.29, 1.82) is 5.26 Å². The Morgan fingerprint density at radius 1 is 1.03 bits per heavy atom. The zero-order chi connectivity index (χ0) is 21.4. The van der Waals surface area contributed by atoms with Crippen LogP contribution in [0.5, 0.6) is 0 Å². The van der Waals surface area contributed by atoms with E-state index in [4.69, 9.17) is 23.2 Å². The molecule has 0 aliphatic carbocycles. The Kier molecular flexibility index (Phi) is 9.03. The van der Waals surface area contributed by atoms with Crippen LogP contribution in [-0.4, -0.2) is 17.5 Å². The molecule has 29 heavy (non-hydrogen) atoms. The van der Waals surface area contributed by atoms with Crippen LogP contribution in [0, 0.1) is 17.2 Å². The predicted molar refractivity (Wildman–Crippen MR) is 124 cm³/mol. The van der Waals surface area contributed by atoms with Crippen LogP contribution in [0.15, 0.2) is 48.5 Å². The van der Waals surface area contributed by atoms with Crippen LogP contribution >= 0.6 is 23.2 Å². The third-order valence-electron chi connectivity index (χ3n) is 5.94. The summed E-state index contributed by atoms with van der Waals surface area (Å²) >= 11 is 12.4. The Balaban J connectivity index is 2.20. The van der Waals surface area contributed by atoms with Crippen LogP contribution in [0.4, 0.5) is 0 Å². The van der Waals surface area contributed by atoms with Crippen molar-refractivity contribution >= 4 is 23.2 Å². The summed E-state index contributed by atoms with van der Waals surface area (Å²) in [5.74, 6) is 0.172. The van der Waals surface area contributed by atoms with Crippen molar-refractivity contribution in [2.24, 2.45) is 5.92 Å². The maximum atomic E-state index is 10.2. The number of rotatable bonds is 10. The molecule has 2 unspecified atom stereocenters. The average Bonchev–Trinajstić information content (AvgIpc) is 2.71. The molecule has 2 aromatic rings. The fraction of sp³-hybridized carbons (Fsp3) is 0.480. The average molecular weight is 431 g/mol. The monoisotopic (exact) mass is 430 g/mol. The molecule has 0 spiro atoms. The van der Waals surface area contributed by atoms with Crippen LogP contribution in [0.2, 0.25) is 10.0 Å². The van der Waals surface area contributed by atoms with Crippen molar-refractivity contribution in [2.45, 2.75) is 65.0 Å². The van der Waals surface area contributed by atoms with E-state index in [1.165, 1.54) is 5.56 Å². The molecule has 2 nitrogen and oxygen atoms in total. The van der Waals surface area contributed by atoms with E-state index in [0.717, 1.165) is 37.9 Å². The zero-order valence-electron chi connectivity index (χ0n) is 18.0. The van der Waals surface area contributed by atoms with Gasteiger partial charge in [0.15, 0.2) is 0 Å². The first-order valence-corrected chi connectivity index (χ1v) is 11.2. The Morgan fingerprint density at radius 2 is 1.72 bits per heavy atom. The van der Waals surface area contributed by atoms with E-state index in [0.29, 0.717) is 16.1 Å². The minimum Gasteiger partial charge on any atom is -0.296 e. The highest BCUT2D eigenvalue weighted by Crippen LogP contribution is 2.39. The summed E-state index contributed by atoms with van der Waals surface area (Å²) < 4.78 is 0. The summed E-state index contributed by atoms with van der Waals surface area (Å²) in [4.78, 5) is 2.52. The number of nitrogens with zero attached hydrogens (tertiary/aromatic N) is 2. The Morgan fingerprint density at radius 3 is 2.28 bits per heavy atom. The molecule has 0 saturated carbocycles. The van der Waals surface area contributed by atoms with E-state index in [2.05, 4.69) is 69.0 Å². The van der Waals surface area contributed by atoms with Gasteiger partial charge in [0.05, 0.1) is 21.5 Å². The predicted octanol–water partition coefficient (Wildman–Crippen LogP) is 7.49. The van der Waals surface area contributed by atoms with Crippen LogP contribution in [0.25, 0.3) is 0 Å². The molecule has 0 N–H and O–H groups in total. The van der Waals surface area contributed by atoms with E-state index in [1.54, 1.807) is 6.07 Å². The Labute approximate surface area is 186 Å². The number of nitriles is 1.